The maximum atomic E-state index is 12.0. The van der Waals surface area contributed by atoms with Crippen LogP contribution in [0.5, 0.6) is 0 Å². The Kier molecular flexibility index (Phi) is 6.02. The highest BCUT2D eigenvalue weighted by Gasteiger charge is 2.32. The minimum atomic E-state index is -0.351. The molecule has 126 valence electrons. The summed E-state index contributed by atoms with van der Waals surface area (Å²) in [4.78, 5) is 25.6. The van der Waals surface area contributed by atoms with Gasteiger partial charge >= 0.3 is 6.09 Å². The summed E-state index contributed by atoms with van der Waals surface area (Å²) in [7, 11) is 0. The van der Waals surface area contributed by atoms with E-state index in [2.05, 4.69) is 12.2 Å². The standard InChI is InChI=1S/C18H26N2O3/c1-4-13-7-9-15(10-8-13)20-12-16(23-18(20)22)11-19-17(21)14(5-2)6-3/h7-10,14,16H,4-6,11-12H2,1-3H3,(H,19,21). The van der Waals surface area contributed by atoms with Gasteiger partial charge in [-0.15, -0.1) is 0 Å². The van der Waals surface area contributed by atoms with E-state index >= 15 is 0 Å². The van der Waals surface area contributed by atoms with E-state index in [4.69, 9.17) is 4.74 Å². The Balaban J connectivity index is 1.90. The van der Waals surface area contributed by atoms with Gasteiger partial charge in [0.2, 0.25) is 5.91 Å². The molecule has 0 aromatic heterocycles. The van der Waals surface area contributed by atoms with Gasteiger partial charge in [-0.1, -0.05) is 32.9 Å². The second-order valence-corrected chi connectivity index (χ2v) is 5.89. The SMILES string of the molecule is CCc1ccc(N2CC(CNC(=O)C(CC)CC)OC2=O)cc1. The van der Waals surface area contributed by atoms with Crippen molar-refractivity contribution in [2.45, 2.75) is 46.1 Å². The van der Waals surface area contributed by atoms with Crippen LogP contribution < -0.4 is 10.2 Å². The fraction of sp³-hybridized carbons (Fsp3) is 0.556. The predicted octanol–water partition coefficient (Wildman–Crippen LogP) is 3.13. The van der Waals surface area contributed by atoms with E-state index in [1.54, 1.807) is 4.90 Å². The monoisotopic (exact) mass is 318 g/mol. The molecule has 0 bridgehead atoms. The molecule has 2 rings (SSSR count). The first-order valence-corrected chi connectivity index (χ1v) is 8.43. The lowest BCUT2D eigenvalue weighted by atomic mass is 10.0. The Hall–Kier alpha value is -2.04. The zero-order chi connectivity index (χ0) is 16.8. The van der Waals surface area contributed by atoms with E-state index in [9.17, 15) is 9.59 Å². The quantitative estimate of drug-likeness (QED) is 0.840. The number of benzene rings is 1. The highest BCUT2D eigenvalue weighted by molar-refractivity contribution is 5.89. The number of ether oxygens (including phenoxy) is 1. The highest BCUT2D eigenvalue weighted by Crippen LogP contribution is 2.22. The molecular weight excluding hydrogens is 292 g/mol. The molecule has 23 heavy (non-hydrogen) atoms. The molecule has 1 atom stereocenters. The first-order chi connectivity index (χ1) is 11.1. The van der Waals surface area contributed by atoms with Gasteiger partial charge in [-0.05, 0) is 37.0 Å². The Morgan fingerprint density at radius 3 is 2.48 bits per heavy atom. The Morgan fingerprint density at radius 1 is 1.26 bits per heavy atom. The summed E-state index contributed by atoms with van der Waals surface area (Å²) in [6, 6.07) is 7.91. The molecule has 0 radical (unpaired) electrons. The van der Waals surface area contributed by atoms with Crippen LogP contribution >= 0.6 is 0 Å². The normalized spacial score (nSPS) is 17.5. The molecule has 1 aromatic rings. The average Bonchev–Trinajstić information content (AvgIpc) is 2.95. The number of carbonyl (C=O) groups excluding carboxylic acids is 2. The number of cyclic esters (lactones) is 1. The molecule has 0 spiro atoms. The highest BCUT2D eigenvalue weighted by atomic mass is 16.6. The summed E-state index contributed by atoms with van der Waals surface area (Å²) < 4.78 is 5.35. The number of nitrogens with zero attached hydrogens (tertiary/aromatic N) is 1. The van der Waals surface area contributed by atoms with Crippen molar-refractivity contribution in [3.8, 4) is 0 Å². The topological polar surface area (TPSA) is 58.6 Å². The third kappa shape index (κ3) is 4.24. The van der Waals surface area contributed by atoms with Gasteiger partial charge in [0.25, 0.3) is 0 Å². The van der Waals surface area contributed by atoms with E-state index in [-0.39, 0.29) is 24.0 Å². The van der Waals surface area contributed by atoms with Gasteiger partial charge in [0, 0.05) is 11.6 Å². The van der Waals surface area contributed by atoms with E-state index in [0.29, 0.717) is 13.1 Å². The van der Waals surface area contributed by atoms with E-state index in [1.807, 2.05) is 38.1 Å². The lowest BCUT2D eigenvalue weighted by Crippen LogP contribution is -2.37. The Bertz CT molecular complexity index is 538. The van der Waals surface area contributed by atoms with E-state index in [1.165, 1.54) is 5.56 Å². The molecular formula is C18H26N2O3. The predicted molar refractivity (Wildman–Crippen MR) is 90.5 cm³/mol. The van der Waals surface area contributed by atoms with Crippen LogP contribution in [0.2, 0.25) is 0 Å². The fourth-order valence-corrected chi connectivity index (χ4v) is 2.77. The van der Waals surface area contributed by atoms with Crippen molar-refractivity contribution in [1.29, 1.82) is 0 Å². The van der Waals surface area contributed by atoms with Crippen molar-refractivity contribution in [2.24, 2.45) is 5.92 Å². The third-order valence-corrected chi connectivity index (χ3v) is 4.39. The van der Waals surface area contributed by atoms with Gasteiger partial charge in [0.1, 0.15) is 6.10 Å². The molecule has 0 saturated carbocycles. The Morgan fingerprint density at radius 2 is 1.91 bits per heavy atom. The van der Waals surface area contributed by atoms with Crippen molar-refractivity contribution in [1.82, 2.24) is 5.32 Å². The summed E-state index contributed by atoms with van der Waals surface area (Å²) in [6.07, 6.45) is 1.96. The van der Waals surface area contributed by atoms with Crippen LogP contribution in [-0.2, 0) is 16.0 Å². The molecule has 1 saturated heterocycles. The van der Waals surface area contributed by atoms with Gasteiger partial charge in [0.05, 0.1) is 13.1 Å². The molecule has 1 aliphatic heterocycles. The molecule has 5 heteroatoms. The van der Waals surface area contributed by atoms with Crippen molar-refractivity contribution in [3.63, 3.8) is 0 Å². The van der Waals surface area contributed by atoms with Crippen LogP contribution in [0.3, 0.4) is 0 Å². The smallest absolute Gasteiger partial charge is 0.414 e. The first-order valence-electron chi connectivity index (χ1n) is 8.43. The Labute approximate surface area is 138 Å². The number of amides is 2. The summed E-state index contributed by atoms with van der Waals surface area (Å²) in [5.41, 5.74) is 2.07. The minimum Gasteiger partial charge on any atom is -0.442 e. The van der Waals surface area contributed by atoms with Crippen LogP contribution in [0.25, 0.3) is 0 Å². The number of anilines is 1. The second-order valence-electron chi connectivity index (χ2n) is 5.89. The molecule has 1 aromatic carbocycles. The van der Waals surface area contributed by atoms with Gasteiger partial charge < -0.3 is 10.1 Å². The lowest BCUT2D eigenvalue weighted by Gasteiger charge is -2.15. The fourth-order valence-electron chi connectivity index (χ4n) is 2.77. The van der Waals surface area contributed by atoms with Crippen LogP contribution in [0.1, 0.15) is 39.2 Å². The molecule has 1 heterocycles. The van der Waals surface area contributed by atoms with Crippen LogP contribution in [0.15, 0.2) is 24.3 Å². The number of hydrogen-bond acceptors (Lipinski definition) is 3. The number of hydrogen-bond donors (Lipinski definition) is 1. The maximum absolute atomic E-state index is 12.0. The summed E-state index contributed by atoms with van der Waals surface area (Å²) in [6.45, 7) is 6.94. The summed E-state index contributed by atoms with van der Waals surface area (Å²) in [5.74, 6) is 0.0709. The third-order valence-electron chi connectivity index (χ3n) is 4.39. The van der Waals surface area contributed by atoms with Crippen LogP contribution in [-0.4, -0.2) is 31.2 Å². The van der Waals surface area contributed by atoms with Gasteiger partial charge in [-0.25, -0.2) is 4.79 Å². The van der Waals surface area contributed by atoms with Crippen molar-refractivity contribution in [3.05, 3.63) is 29.8 Å². The maximum Gasteiger partial charge on any atom is 0.414 e. The number of nitrogens with one attached hydrogen (secondary N) is 1. The van der Waals surface area contributed by atoms with Gasteiger partial charge in [0.15, 0.2) is 0 Å². The summed E-state index contributed by atoms with van der Waals surface area (Å²) in [5, 5.41) is 2.89. The molecule has 2 amide bonds. The zero-order valence-electron chi connectivity index (χ0n) is 14.2. The van der Waals surface area contributed by atoms with E-state index < -0.39 is 0 Å². The molecule has 1 fully saturated rings. The molecule has 0 aliphatic carbocycles. The van der Waals surface area contributed by atoms with Crippen molar-refractivity contribution >= 4 is 17.7 Å². The van der Waals surface area contributed by atoms with Gasteiger partial charge in [-0.2, -0.15) is 0 Å². The van der Waals surface area contributed by atoms with Crippen LogP contribution in [0.4, 0.5) is 10.5 Å². The molecule has 5 nitrogen and oxygen atoms in total. The van der Waals surface area contributed by atoms with Crippen molar-refractivity contribution < 1.29 is 14.3 Å². The second kappa shape index (κ2) is 7.99. The zero-order valence-corrected chi connectivity index (χ0v) is 14.2. The van der Waals surface area contributed by atoms with Crippen LogP contribution in [0, 0.1) is 5.92 Å². The molecule has 1 N–H and O–H groups in total. The number of aryl methyl sites for hydroxylation is 1. The number of rotatable bonds is 7. The molecule has 1 aliphatic rings. The minimum absolute atomic E-state index is 0.0322. The number of carbonyl (C=O) groups is 2. The molecule has 1 unspecified atom stereocenters. The van der Waals surface area contributed by atoms with E-state index in [0.717, 1.165) is 24.9 Å². The van der Waals surface area contributed by atoms with Crippen molar-refractivity contribution in [2.75, 3.05) is 18.0 Å². The lowest BCUT2D eigenvalue weighted by molar-refractivity contribution is -0.125. The largest absolute Gasteiger partial charge is 0.442 e. The van der Waals surface area contributed by atoms with Gasteiger partial charge in [-0.3, -0.25) is 9.69 Å². The average molecular weight is 318 g/mol. The first kappa shape index (κ1) is 17.3. The summed E-state index contributed by atoms with van der Waals surface area (Å²) >= 11 is 0.